The van der Waals surface area contributed by atoms with Crippen LogP contribution in [-0.4, -0.2) is 347 Å². The Hall–Kier alpha value is -7.58. The lowest BCUT2D eigenvalue weighted by Crippen LogP contribution is -2.50. The number of ether oxygens (including phenoxy) is 1. The third-order valence-corrected chi connectivity index (χ3v) is 16.4. The summed E-state index contributed by atoms with van der Waals surface area (Å²) in [6.45, 7) is 59.7. The molecule has 0 spiro atoms. The highest BCUT2D eigenvalue weighted by molar-refractivity contribution is 5.82. The normalized spacial score (nSPS) is 17.9. The number of nitrogens with one attached hydrogen (secondary N) is 7. The fraction of sp³-hybridized carbons (Fsp3) is 0.823. The van der Waals surface area contributed by atoms with E-state index in [-0.39, 0.29) is 44.0 Å². The Kier molecular flexibility index (Phi) is 47.1. The molecule has 32 heteroatoms. The number of hydrazone groups is 6. The van der Waals surface area contributed by atoms with E-state index in [4.69, 9.17) is 42.9 Å². The zero-order chi connectivity index (χ0) is 85.3. The number of hydrogen-bond acceptors (Lipinski definition) is 18. The van der Waals surface area contributed by atoms with E-state index in [9.17, 15) is 5.11 Å². The van der Waals surface area contributed by atoms with Crippen LogP contribution >= 0.6 is 0 Å². The van der Waals surface area contributed by atoms with Crippen molar-refractivity contribution in [2.24, 2.45) is 84.4 Å². The number of β-amino-alcohol motifs (C(OH)–C–C–N with tert-alkyl or cyclic N) is 1. The number of aliphatic hydroxyl groups excluding tert-OH is 1. The summed E-state index contributed by atoms with van der Waals surface area (Å²) in [4.78, 5) is 18.4. The largest absolute Gasteiger partial charge is 0.391 e. The predicted molar refractivity (Wildman–Crippen MR) is 472 cm³/mol. The van der Waals surface area contributed by atoms with Crippen molar-refractivity contribution in [2.45, 2.75) is 209 Å². The van der Waals surface area contributed by atoms with Crippen molar-refractivity contribution in [2.75, 3.05) is 181 Å². The van der Waals surface area contributed by atoms with Gasteiger partial charge < -0.3 is 59.7 Å². The van der Waals surface area contributed by atoms with E-state index >= 15 is 0 Å². The number of nitrogens with zero attached hydrogens (tertiary/aromatic N) is 22. The average molecular weight is 1560 g/mol. The highest BCUT2D eigenvalue weighted by Crippen LogP contribution is 2.18. The Balaban J connectivity index is 0.00000127. The monoisotopic (exact) mass is 1560 g/mol. The van der Waals surface area contributed by atoms with Gasteiger partial charge in [0.25, 0.3) is 0 Å². The van der Waals surface area contributed by atoms with Gasteiger partial charge >= 0.3 is 0 Å². The second-order valence-corrected chi connectivity index (χ2v) is 37.2. The third-order valence-electron chi connectivity index (χ3n) is 16.4. The van der Waals surface area contributed by atoms with E-state index in [1.165, 1.54) is 44.9 Å². The molecule has 6 fully saturated rings. The molecule has 111 heavy (non-hydrogen) atoms. The molecular weight excluding hydrogens is 1400 g/mol. The number of piperidine rings is 1. The van der Waals surface area contributed by atoms with Crippen LogP contribution in [0.15, 0.2) is 40.8 Å². The van der Waals surface area contributed by atoms with Gasteiger partial charge in [-0.25, -0.2) is 30.5 Å². The zero-order valence-electron chi connectivity index (χ0n) is 75.5. The van der Waals surface area contributed by atoms with Crippen LogP contribution in [-0.2, 0) is 4.74 Å². The molecule has 6 aliphatic rings. The zero-order valence-corrected chi connectivity index (χ0v) is 75.5. The Labute approximate surface area is 674 Å². The molecule has 0 aromatic rings. The summed E-state index contributed by atoms with van der Waals surface area (Å²) in [5, 5.41) is 98.6. The molecule has 6 rings (SSSR count). The number of likely N-dealkylation sites (N-methyl/N-ethyl adjacent to an activating group) is 1. The summed E-state index contributed by atoms with van der Waals surface area (Å²) in [6, 6.07) is 0. The highest BCUT2D eigenvalue weighted by Gasteiger charge is 2.26. The molecule has 0 amide bonds. The van der Waals surface area contributed by atoms with E-state index < -0.39 is 0 Å². The van der Waals surface area contributed by atoms with Crippen LogP contribution in [0.2, 0.25) is 0 Å². The first kappa shape index (κ1) is 103. The average Bonchev–Trinajstić information content (AvgIpc) is 1.86. The van der Waals surface area contributed by atoms with Crippen molar-refractivity contribution in [3.8, 4) is 0 Å². The van der Waals surface area contributed by atoms with E-state index in [0.29, 0.717) is 61.5 Å². The lowest BCUT2D eigenvalue weighted by molar-refractivity contribution is 0.0627. The quantitative estimate of drug-likeness (QED) is 0.0527. The molecule has 0 bridgehead atoms. The molecular formula is C79H162N30O2. The Morgan fingerprint density at radius 2 is 0.712 bits per heavy atom. The maximum absolute atomic E-state index is 9.39. The minimum Gasteiger partial charge on any atom is -0.391 e. The molecule has 0 aromatic heterocycles. The predicted octanol–water partition coefficient (Wildman–Crippen LogP) is 10.5. The van der Waals surface area contributed by atoms with Crippen molar-refractivity contribution < 1.29 is 9.84 Å². The van der Waals surface area contributed by atoms with Gasteiger partial charge in [-0.05, 0) is 123 Å². The summed E-state index contributed by atoms with van der Waals surface area (Å²) < 4.78 is 5.25. The summed E-state index contributed by atoms with van der Waals surface area (Å²) in [7, 11) is 17.2. The minimum atomic E-state index is -0.305. The number of likely N-dealkylation sites (tertiary alicyclic amines) is 4. The standard InChI is InChI=1S/C12H25N5.C12H27N5.C12H24N4.2C11H22N4O.C11H22N4.C10H20N4/c1-12(2,3)10-14-16(5)11(13)17-8-6-15(4)7-9-17;1-12(2,3)10-14-15-11(13)17(6)9-7-8-16(4)5;1-12(2,3)10-14-15(4)11(13)16-8-6-5-7-9-16;1-11(2,3)9-13-14(4)10(12)15-5-7-16-8-6-15;1-11(2,3)8-13-14(4)10(12)15-6-5-9(16)7-15;1-11(2,3)9-13-14(4)10(12)15-7-5-6-8-15;1-10(2,3)8-12-13-9(11)14-6-4-5-7-14/h10,13H,6-9H2,1-5H3;10H,7-9H2,1-6H3,(H2,13,15);10,13H,5-9H2,1-4H3;9,12H,5-8H2,1-4H3;8-9,12,16H,5-7H2,1-4H3;9,12H,5-8H2,1-4H3;8H,4-7H2,1-3H3,(H2,11,13)/b13-11?,14-10+;14-10+;13-11?,14-10+;12-10?,13-9+;12-10?,13-8+;12-10?,13-9+;12-8+. The van der Waals surface area contributed by atoms with Crippen molar-refractivity contribution >= 4 is 85.2 Å². The highest BCUT2D eigenvalue weighted by atomic mass is 16.5. The second kappa shape index (κ2) is 50.5. The molecule has 6 heterocycles. The van der Waals surface area contributed by atoms with Crippen LogP contribution in [0.4, 0.5) is 0 Å². The summed E-state index contributed by atoms with van der Waals surface area (Å²) in [5.41, 5.74) is 8.92. The van der Waals surface area contributed by atoms with Gasteiger partial charge in [-0.15, -0.1) is 5.10 Å². The maximum Gasteiger partial charge on any atom is 0.216 e. The fourth-order valence-electron chi connectivity index (χ4n) is 9.73. The SMILES string of the molecule is CC(C)(C)/C=N/NC(=N)N1CCCC1.CN(/N=C/C(C)(C)C)C(=N)N1CCC(O)C1.CN(/N=C/C(C)(C)C)C(=N)N1CCCC1.CN(/N=C/C(C)(C)C)C(=N)N1CCCCC1.CN(/N=C/C(C)(C)C)C(=N)N1CCOCC1.CN(C)CCCN(C)C(N)=N/N=C/C(C)(C)C.CN1CCN(C(=N)N(C)/N=C/C(C)(C)C)CC1. The molecule has 32 nitrogen and oxygen atoms in total. The smallest absolute Gasteiger partial charge is 0.216 e. The number of guanidine groups is 7. The van der Waals surface area contributed by atoms with E-state index in [2.05, 4.69) is 237 Å². The first-order valence-corrected chi connectivity index (χ1v) is 39.9. The molecule has 10 N–H and O–H groups in total. The Morgan fingerprint density at radius 3 is 1.03 bits per heavy atom. The third kappa shape index (κ3) is 53.1. The van der Waals surface area contributed by atoms with Crippen molar-refractivity contribution in [1.29, 1.82) is 32.5 Å². The van der Waals surface area contributed by atoms with E-state index in [0.717, 1.165) is 111 Å². The molecule has 0 aromatic carbocycles. The van der Waals surface area contributed by atoms with Gasteiger partial charge in [0.2, 0.25) is 41.7 Å². The number of hydrogen-bond donors (Lipinski definition) is 9. The van der Waals surface area contributed by atoms with Gasteiger partial charge in [0.05, 0.1) is 19.3 Å². The molecule has 640 valence electrons. The van der Waals surface area contributed by atoms with E-state index in [1.54, 1.807) is 45.4 Å². The van der Waals surface area contributed by atoms with Gasteiger partial charge in [-0.2, -0.15) is 35.7 Å². The maximum atomic E-state index is 9.39. The summed E-state index contributed by atoms with van der Waals surface area (Å²) >= 11 is 0. The van der Waals surface area contributed by atoms with E-state index in [1.807, 2.05) is 85.1 Å². The summed E-state index contributed by atoms with van der Waals surface area (Å²) in [5.74, 6) is 3.17. The molecule has 0 aliphatic carbocycles. The number of morpholine rings is 1. The minimum absolute atomic E-state index is 0.0130. The van der Waals surface area contributed by atoms with Crippen LogP contribution in [0, 0.1) is 70.4 Å². The molecule has 0 saturated carbocycles. The van der Waals surface area contributed by atoms with Crippen LogP contribution < -0.4 is 11.2 Å². The Morgan fingerprint density at radius 1 is 0.405 bits per heavy atom. The molecule has 1 atom stereocenters. The number of rotatable bonds is 11. The number of aliphatic hydroxyl groups is 1. The number of nitrogens with two attached hydrogens (primary N) is 1. The molecule has 1 unspecified atom stereocenters. The lowest BCUT2D eigenvalue weighted by atomic mass is 9.99. The van der Waals surface area contributed by atoms with Crippen molar-refractivity contribution in [3.05, 3.63) is 0 Å². The van der Waals surface area contributed by atoms with Gasteiger partial charge in [0, 0.05) is 184 Å². The number of piperazine rings is 1. The Bertz CT molecular complexity index is 2800. The first-order chi connectivity index (χ1) is 51.0. The van der Waals surface area contributed by atoms with Crippen LogP contribution in [0.5, 0.6) is 0 Å². The summed E-state index contributed by atoms with van der Waals surface area (Å²) in [6.07, 6.45) is 22.9. The van der Waals surface area contributed by atoms with Crippen LogP contribution in [0.25, 0.3) is 0 Å². The topological polar surface area (TPSA) is 355 Å². The van der Waals surface area contributed by atoms with Crippen LogP contribution in [0.3, 0.4) is 0 Å². The van der Waals surface area contributed by atoms with Crippen LogP contribution in [0.1, 0.15) is 203 Å². The fourth-order valence-corrected chi connectivity index (χ4v) is 9.73. The second-order valence-electron chi connectivity index (χ2n) is 37.2. The first-order valence-electron chi connectivity index (χ1n) is 39.9. The van der Waals surface area contributed by atoms with Crippen molar-refractivity contribution in [3.63, 3.8) is 0 Å². The van der Waals surface area contributed by atoms with Gasteiger partial charge in [0.1, 0.15) is 0 Å². The van der Waals surface area contributed by atoms with Crippen molar-refractivity contribution in [1.82, 2.24) is 74.6 Å². The molecule has 6 aliphatic heterocycles. The molecule has 6 saturated heterocycles. The lowest BCUT2D eigenvalue weighted by Gasteiger charge is -2.35. The van der Waals surface area contributed by atoms with Gasteiger partial charge in [-0.3, -0.25) is 32.5 Å². The van der Waals surface area contributed by atoms with Gasteiger partial charge in [0.15, 0.2) is 0 Å². The van der Waals surface area contributed by atoms with Gasteiger partial charge in [-0.1, -0.05) is 145 Å². The molecule has 0 radical (unpaired) electrons.